The Kier molecular flexibility index (Phi) is 22.0. The number of imide groups is 1. The van der Waals surface area contributed by atoms with Crippen LogP contribution in [0.15, 0.2) is 85.2 Å². The Hall–Kier alpha value is -7.44. The van der Waals surface area contributed by atoms with E-state index in [1.807, 2.05) is 51.1 Å². The van der Waals surface area contributed by atoms with E-state index >= 15 is 4.39 Å². The molecule has 0 saturated heterocycles. The molecule has 21 nitrogen and oxygen atoms in total. The summed E-state index contributed by atoms with van der Waals surface area (Å²) < 4.78 is 44.8. The van der Waals surface area contributed by atoms with E-state index in [1.165, 1.54) is 4.90 Å². The molecule has 3 aromatic rings. The minimum atomic E-state index is -1.63. The van der Waals surface area contributed by atoms with Crippen molar-refractivity contribution in [1.29, 1.82) is 0 Å². The van der Waals surface area contributed by atoms with E-state index in [9.17, 15) is 62.3 Å². The third kappa shape index (κ3) is 17.9. The molecule has 0 saturated carbocycles. The molecular weight excluding hydrogens is 989 g/mol. The minimum Gasteiger partial charge on any atom is -0.616 e. The molecule has 2 heterocycles. The molecule has 24 heteroatoms. The summed E-state index contributed by atoms with van der Waals surface area (Å²) >= 11 is -1.63. The molecule has 0 fully saturated rings. The molecule has 74 heavy (non-hydrogen) atoms. The Morgan fingerprint density at radius 2 is 1.51 bits per heavy atom. The number of aromatic nitrogens is 1. The number of carboxylic acid groups (broad SMARTS) is 1. The molecule has 5 atom stereocenters. The van der Waals surface area contributed by atoms with E-state index in [4.69, 9.17) is 5.73 Å². The van der Waals surface area contributed by atoms with Gasteiger partial charge < -0.3 is 56.6 Å². The summed E-state index contributed by atoms with van der Waals surface area (Å²) in [5, 5.41) is 32.6. The Balaban J connectivity index is 1.55. The summed E-state index contributed by atoms with van der Waals surface area (Å²) in [6.45, 7) is 8.49. The van der Waals surface area contributed by atoms with Crippen molar-refractivity contribution in [3.8, 4) is 11.1 Å². The van der Waals surface area contributed by atoms with Gasteiger partial charge in [-0.15, -0.1) is 0 Å². The zero-order valence-electron chi connectivity index (χ0n) is 41.5. The number of hydrogen-bond donors (Lipinski definition) is 8. The van der Waals surface area contributed by atoms with Gasteiger partial charge in [-0.25, -0.2) is 8.78 Å². The fraction of sp³-hybridized carbons (Fsp3) is 0.420. The van der Waals surface area contributed by atoms with Crippen molar-refractivity contribution in [2.45, 2.75) is 84.1 Å². The number of nitrogens with two attached hydrogens (primary N) is 1. The number of nitrogens with zero attached hydrogens (tertiary/aromatic N) is 3. The molecule has 4 rings (SSSR count). The first-order chi connectivity index (χ1) is 34.9. The van der Waals surface area contributed by atoms with Crippen LogP contribution in [0.3, 0.4) is 0 Å². The van der Waals surface area contributed by atoms with E-state index in [2.05, 4.69) is 33.2 Å². The summed E-state index contributed by atoms with van der Waals surface area (Å²) in [5.41, 5.74) is 6.17. The van der Waals surface area contributed by atoms with Crippen molar-refractivity contribution in [3.05, 3.63) is 108 Å². The zero-order chi connectivity index (χ0) is 54.9. The quantitative estimate of drug-likeness (QED) is 0.0354. The lowest BCUT2D eigenvalue weighted by atomic mass is 9.82. The predicted molar refractivity (Wildman–Crippen MR) is 267 cm³/mol. The van der Waals surface area contributed by atoms with E-state index in [1.54, 1.807) is 16.8 Å². The smallest absolute Gasteiger partial charge is 0.303 e. The van der Waals surface area contributed by atoms with Crippen molar-refractivity contribution in [2.75, 3.05) is 44.3 Å². The van der Waals surface area contributed by atoms with Crippen molar-refractivity contribution in [2.24, 2.45) is 11.1 Å². The number of halogens is 2. The van der Waals surface area contributed by atoms with Crippen molar-refractivity contribution < 1.29 is 66.7 Å². The average molecular weight is 1050 g/mol. The number of rotatable bonds is 29. The Morgan fingerprint density at radius 1 is 0.865 bits per heavy atom. The van der Waals surface area contributed by atoms with Gasteiger partial charge in [-0.05, 0) is 48.1 Å². The number of carbonyl (C=O) groups is 9. The topological polar surface area (TPSA) is 315 Å². The second-order valence-corrected chi connectivity index (χ2v) is 20.1. The van der Waals surface area contributed by atoms with Crippen molar-refractivity contribution >= 4 is 64.4 Å². The summed E-state index contributed by atoms with van der Waals surface area (Å²) in [6.07, 6.45) is 2.17. The molecule has 0 bridgehead atoms. The molecule has 2 aromatic carbocycles. The highest BCUT2D eigenvalue weighted by Crippen LogP contribution is 2.41. The lowest BCUT2D eigenvalue weighted by Gasteiger charge is -2.41. The molecule has 0 spiro atoms. The highest BCUT2D eigenvalue weighted by molar-refractivity contribution is 7.91. The molecular formula is C50H63F2N9O12S. The van der Waals surface area contributed by atoms with Gasteiger partial charge in [0.1, 0.15) is 48.4 Å². The third-order valence-electron chi connectivity index (χ3n) is 11.5. The number of benzene rings is 2. The van der Waals surface area contributed by atoms with Crippen LogP contribution in [-0.4, -0.2) is 145 Å². The summed E-state index contributed by atoms with van der Waals surface area (Å²) in [4.78, 5) is 116. The number of carboxylic acids is 1. The monoisotopic (exact) mass is 1050 g/mol. The first kappa shape index (κ1) is 59.1. The van der Waals surface area contributed by atoms with Gasteiger partial charge in [0, 0.05) is 67.3 Å². The highest BCUT2D eigenvalue weighted by Gasteiger charge is 2.38. The molecule has 9 N–H and O–H groups in total. The molecule has 1 aliphatic heterocycles. The number of carbonyl (C=O) groups excluding carboxylic acids is 8. The van der Waals surface area contributed by atoms with Crippen LogP contribution in [0.25, 0.3) is 11.1 Å². The van der Waals surface area contributed by atoms with Gasteiger partial charge in [-0.3, -0.25) is 48.1 Å². The molecule has 4 unspecified atom stereocenters. The fourth-order valence-electron chi connectivity index (χ4n) is 8.10. The molecule has 0 radical (unpaired) electrons. The SMILES string of the molecule is C=C(NCC[S+]([O-])CCNC(=O)C(CCN(C(=O)CO)C(c1cc(-c2cc(F)ccc2F)cn1Cc1ccccc1)C(C)(C)C)NC(=O)C(CC(N)=O)NC(C)=O)[C@@H](CCC(=O)O)NC(=O)CN1C(=O)C=CC1=O. The first-order valence-corrected chi connectivity index (χ1v) is 24.9. The van der Waals surface area contributed by atoms with Gasteiger partial charge in [0.2, 0.25) is 35.4 Å². The van der Waals surface area contributed by atoms with Crippen LogP contribution in [0, 0.1) is 17.0 Å². The first-order valence-electron chi connectivity index (χ1n) is 23.4. The number of primary amides is 1. The summed E-state index contributed by atoms with van der Waals surface area (Å²) in [6, 6.07) is 8.93. The van der Waals surface area contributed by atoms with Gasteiger partial charge in [-0.2, -0.15) is 0 Å². The van der Waals surface area contributed by atoms with Crippen molar-refractivity contribution in [1.82, 2.24) is 41.0 Å². The number of nitrogens with one attached hydrogen (secondary N) is 5. The van der Waals surface area contributed by atoms with E-state index in [0.717, 1.165) is 42.8 Å². The highest BCUT2D eigenvalue weighted by atomic mass is 32.2. The van der Waals surface area contributed by atoms with Crippen molar-refractivity contribution in [3.63, 3.8) is 0 Å². The van der Waals surface area contributed by atoms with E-state index < -0.39 is 125 Å². The van der Waals surface area contributed by atoms with Gasteiger partial charge >= 0.3 is 5.97 Å². The Morgan fingerprint density at radius 3 is 2.11 bits per heavy atom. The summed E-state index contributed by atoms with van der Waals surface area (Å²) in [5.74, 6) is -9.09. The van der Waals surface area contributed by atoms with Crippen LogP contribution in [-0.2, 0) is 60.9 Å². The zero-order valence-corrected chi connectivity index (χ0v) is 42.3. The van der Waals surface area contributed by atoms with Crippen LogP contribution in [0.2, 0.25) is 0 Å². The Labute approximate surface area is 429 Å². The van der Waals surface area contributed by atoms with E-state index in [-0.39, 0.29) is 73.8 Å². The van der Waals surface area contributed by atoms with Gasteiger partial charge in [-0.1, -0.05) is 68.9 Å². The maximum absolute atomic E-state index is 15.3. The van der Waals surface area contributed by atoms with Gasteiger partial charge in [0.25, 0.3) is 11.8 Å². The standard InChI is InChI=1S/C50H63F2N9O12S/c1-30(37(13-16-46(69)70)57-42(65)28-61-43(66)14-15-44(61)67)54-18-21-74(73)22-19-55-48(71)38(58-49(72)39(25-41(53)64)56-31(2)63)17-20-60(45(68)29-62)47(50(3,4)5)40-23-33(35-24-34(51)11-12-36(35)52)27-59(40)26-32-9-7-6-8-10-32/h6-12,14-15,23-24,27,37-39,47,54,62H,1,13,16-22,25-26,28-29H2,2-5H3,(H2,53,64)(H,55,71)(H,56,63)(H,57,65)(H,58,72)(H,69,70)/t37-,38?,39?,47?,74?/m1/s1. The van der Waals surface area contributed by atoms with Crippen LogP contribution >= 0.6 is 0 Å². The molecule has 0 aliphatic carbocycles. The maximum atomic E-state index is 15.3. The summed E-state index contributed by atoms with van der Waals surface area (Å²) in [7, 11) is 0. The maximum Gasteiger partial charge on any atom is 0.303 e. The average Bonchev–Trinajstić information content (AvgIpc) is 3.87. The molecule has 1 aromatic heterocycles. The van der Waals surface area contributed by atoms with Crippen LogP contribution in [0.1, 0.15) is 70.7 Å². The molecule has 400 valence electrons. The Bertz CT molecular complexity index is 2560. The number of aliphatic hydroxyl groups excluding tert-OH is 1. The van der Waals surface area contributed by atoms with Crippen LogP contribution < -0.4 is 32.3 Å². The molecule has 8 amide bonds. The fourth-order valence-corrected chi connectivity index (χ4v) is 8.96. The number of hydrogen-bond acceptors (Lipinski definition) is 12. The van der Waals surface area contributed by atoms with E-state index in [0.29, 0.717) is 10.6 Å². The van der Waals surface area contributed by atoms with Gasteiger partial charge in [0.15, 0.2) is 0 Å². The van der Waals surface area contributed by atoms with Gasteiger partial charge in [0.05, 0.1) is 31.6 Å². The number of amides is 8. The second-order valence-electron chi connectivity index (χ2n) is 18.4. The van der Waals surface area contributed by atoms with Crippen LogP contribution in [0.4, 0.5) is 8.78 Å². The minimum absolute atomic E-state index is 0.00595. The largest absolute Gasteiger partial charge is 0.616 e. The van der Waals surface area contributed by atoms with Crippen LogP contribution in [0.5, 0.6) is 0 Å². The normalized spacial score (nSPS) is 14.3. The number of aliphatic hydroxyl groups is 1. The third-order valence-corrected chi connectivity index (χ3v) is 12.9. The lowest BCUT2D eigenvalue weighted by Crippen LogP contribution is -2.55. The predicted octanol–water partition coefficient (Wildman–Crippen LogP) is 0.888. The lowest BCUT2D eigenvalue weighted by molar-refractivity contribution is -0.141. The molecule has 1 aliphatic rings. The second kappa shape index (κ2) is 27.6. The number of aliphatic carboxylic acids is 1.